The topological polar surface area (TPSA) is 48.5 Å². The quantitative estimate of drug-likeness (QED) is 0.113. The molecule has 0 fully saturated rings. The van der Waals surface area contributed by atoms with E-state index in [0.717, 1.165) is 54.7 Å². The minimum absolute atomic E-state index is 0.554. The lowest BCUT2D eigenvalue weighted by Crippen LogP contribution is -2.74. The second-order valence-electron chi connectivity index (χ2n) is 16.0. The van der Waals surface area contributed by atoms with Gasteiger partial charge in [-0.25, -0.2) is 0 Å². The molecule has 3 aromatic heterocycles. The van der Waals surface area contributed by atoms with Gasteiger partial charge in [-0.05, 0) is 62.2 Å². The first-order valence-electron chi connectivity index (χ1n) is 21.4. The Kier molecular flexibility index (Phi) is 8.76. The Labute approximate surface area is 365 Å². The predicted molar refractivity (Wildman–Crippen MR) is 263 cm³/mol. The molecule has 0 spiro atoms. The Hall–Kier alpha value is -8.19. The van der Waals surface area contributed by atoms with Gasteiger partial charge in [0.15, 0.2) is 13.9 Å². The summed E-state index contributed by atoms with van der Waals surface area (Å²) in [6.07, 6.45) is 0. The summed E-state index contributed by atoms with van der Waals surface area (Å²) in [5.74, 6) is 1.71. The maximum absolute atomic E-state index is 5.48. The van der Waals surface area contributed by atoms with E-state index in [1.807, 2.05) is 0 Å². The van der Waals surface area contributed by atoms with Crippen molar-refractivity contribution in [1.29, 1.82) is 0 Å². The molecular weight excluding hydrogens is 783 g/mol. The third-order valence-corrected chi connectivity index (χ3v) is 17.3. The molecular formula is C57H39N5Si. The normalized spacial score (nSPS) is 11.8. The Morgan fingerprint density at radius 1 is 0.270 bits per heavy atom. The minimum atomic E-state index is -2.86. The van der Waals surface area contributed by atoms with Crippen molar-refractivity contribution in [2.24, 2.45) is 0 Å². The van der Waals surface area contributed by atoms with Crippen molar-refractivity contribution in [1.82, 2.24) is 24.1 Å². The maximum atomic E-state index is 5.48. The fourth-order valence-electron chi connectivity index (χ4n) is 9.78. The van der Waals surface area contributed by atoms with Crippen LogP contribution >= 0.6 is 0 Å². The van der Waals surface area contributed by atoms with Gasteiger partial charge >= 0.3 is 0 Å². The number of rotatable bonds is 8. The number of fused-ring (bicyclic) bond motifs is 6. The molecule has 0 N–H and O–H groups in total. The van der Waals surface area contributed by atoms with Crippen LogP contribution in [-0.2, 0) is 0 Å². The summed E-state index contributed by atoms with van der Waals surface area (Å²) in [6.45, 7) is 0. The van der Waals surface area contributed by atoms with E-state index in [2.05, 4.69) is 246 Å². The van der Waals surface area contributed by atoms with Gasteiger partial charge in [0.05, 0.1) is 22.1 Å². The van der Waals surface area contributed by atoms with Crippen molar-refractivity contribution in [3.8, 4) is 34.4 Å². The molecule has 0 saturated heterocycles. The Balaban J connectivity index is 1.15. The van der Waals surface area contributed by atoms with Gasteiger partial charge in [-0.3, -0.25) is 9.13 Å². The lowest BCUT2D eigenvalue weighted by molar-refractivity contribution is 0.893. The van der Waals surface area contributed by atoms with Gasteiger partial charge in [0, 0.05) is 27.1 Å². The monoisotopic (exact) mass is 821 g/mol. The van der Waals surface area contributed by atoms with Gasteiger partial charge < -0.3 is 0 Å². The summed E-state index contributed by atoms with van der Waals surface area (Å²) >= 11 is 0. The zero-order valence-electron chi connectivity index (χ0n) is 34.3. The van der Waals surface area contributed by atoms with E-state index < -0.39 is 8.07 Å². The molecule has 9 aromatic carbocycles. The van der Waals surface area contributed by atoms with E-state index >= 15 is 0 Å². The van der Waals surface area contributed by atoms with Gasteiger partial charge in [0.25, 0.3) is 0 Å². The van der Waals surface area contributed by atoms with E-state index in [9.17, 15) is 0 Å². The van der Waals surface area contributed by atoms with Crippen LogP contribution in [0.15, 0.2) is 237 Å². The van der Waals surface area contributed by atoms with Crippen LogP contribution in [-0.4, -0.2) is 32.2 Å². The first kappa shape index (κ1) is 36.6. The summed E-state index contributed by atoms with van der Waals surface area (Å²) in [7, 11) is -2.86. The fourth-order valence-corrected chi connectivity index (χ4v) is 14.6. The molecule has 0 aliphatic rings. The van der Waals surface area contributed by atoms with Crippen LogP contribution in [0.1, 0.15) is 0 Å². The van der Waals surface area contributed by atoms with Gasteiger partial charge in [0.1, 0.15) is 0 Å². The molecule has 5 nitrogen and oxygen atoms in total. The van der Waals surface area contributed by atoms with Gasteiger partial charge in [-0.2, -0.15) is 15.0 Å². The van der Waals surface area contributed by atoms with Crippen molar-refractivity contribution in [3.63, 3.8) is 0 Å². The average Bonchev–Trinajstić information content (AvgIpc) is 3.88. The Bertz CT molecular complexity index is 3470. The van der Waals surface area contributed by atoms with Crippen molar-refractivity contribution in [2.75, 3.05) is 0 Å². The van der Waals surface area contributed by atoms with Crippen LogP contribution in [0.4, 0.5) is 0 Å². The third-order valence-electron chi connectivity index (χ3n) is 12.5. The second-order valence-corrected chi connectivity index (χ2v) is 19.8. The van der Waals surface area contributed by atoms with Crippen LogP contribution in [0.25, 0.3) is 78.0 Å². The molecule has 0 aliphatic heterocycles. The van der Waals surface area contributed by atoms with Crippen LogP contribution in [0.2, 0.25) is 0 Å². The summed E-state index contributed by atoms with van der Waals surface area (Å²) in [4.78, 5) is 16.4. The highest BCUT2D eigenvalue weighted by atomic mass is 28.3. The highest BCUT2D eigenvalue weighted by Crippen LogP contribution is 2.36. The summed E-state index contributed by atoms with van der Waals surface area (Å²) in [5.41, 5.74) is 7.38. The molecule has 296 valence electrons. The smallest absolute Gasteiger partial charge is 0.240 e. The molecule has 0 amide bonds. The summed E-state index contributed by atoms with van der Waals surface area (Å²) in [5, 5.41) is 9.73. The molecule has 0 radical (unpaired) electrons. The second kappa shape index (κ2) is 15.1. The molecule has 0 aliphatic carbocycles. The van der Waals surface area contributed by atoms with Gasteiger partial charge in [-0.15, -0.1) is 0 Å². The molecule has 6 heteroatoms. The fraction of sp³-hybridized carbons (Fsp3) is 0. The molecule has 0 unspecified atom stereocenters. The largest absolute Gasteiger partial charge is 0.278 e. The number of nitrogens with zero attached hydrogens (tertiary/aromatic N) is 5. The van der Waals surface area contributed by atoms with Crippen molar-refractivity contribution >= 4 is 72.4 Å². The Morgan fingerprint density at radius 2 is 0.667 bits per heavy atom. The SMILES string of the molecule is c1ccc(-c2ccc3c(c2)c2ccccc2n3-c2nc(-c3cccc([Si](c4ccccc4)(c4ccccc4)c4ccccc4)c3)nc(-n3c4ccccc4c4ccccc43)n2)cc1. The summed E-state index contributed by atoms with van der Waals surface area (Å²) in [6, 6.07) is 84.9. The lowest BCUT2D eigenvalue weighted by atomic mass is 10.0. The third kappa shape index (κ3) is 5.95. The van der Waals surface area contributed by atoms with E-state index in [4.69, 9.17) is 15.0 Å². The number of hydrogen-bond acceptors (Lipinski definition) is 3. The van der Waals surface area contributed by atoms with Crippen molar-refractivity contribution in [3.05, 3.63) is 237 Å². The highest BCUT2D eigenvalue weighted by Gasteiger charge is 2.41. The molecule has 12 rings (SSSR count). The van der Waals surface area contributed by atoms with E-state index in [0.29, 0.717) is 17.7 Å². The first-order valence-corrected chi connectivity index (χ1v) is 23.4. The number of para-hydroxylation sites is 3. The molecule has 0 bridgehead atoms. The minimum Gasteiger partial charge on any atom is -0.278 e. The van der Waals surface area contributed by atoms with Crippen LogP contribution in [0.5, 0.6) is 0 Å². The Morgan fingerprint density at radius 3 is 1.17 bits per heavy atom. The van der Waals surface area contributed by atoms with E-state index in [1.54, 1.807) is 0 Å². The standard InChI is InChI=1S/C57H39N5Si/c1-5-20-40(21-6-1)41-36-37-54-50(39-41)49-32-15-18-35-53(49)62(54)57-59-55(58-56(60-57)61-51-33-16-13-30-47(51)48-31-14-17-34-52(48)61)42-22-19-29-46(38-42)63(43-23-7-2-8-24-43,44-25-9-3-10-26-44)45-27-11-4-12-28-45/h1-39H. The van der Waals surface area contributed by atoms with Crippen molar-refractivity contribution in [2.45, 2.75) is 0 Å². The molecule has 0 atom stereocenters. The van der Waals surface area contributed by atoms with Crippen LogP contribution < -0.4 is 20.7 Å². The van der Waals surface area contributed by atoms with Gasteiger partial charge in [0.2, 0.25) is 11.9 Å². The summed E-state index contributed by atoms with van der Waals surface area (Å²) < 4.78 is 4.41. The van der Waals surface area contributed by atoms with E-state index in [1.165, 1.54) is 26.3 Å². The van der Waals surface area contributed by atoms with Gasteiger partial charge in [-0.1, -0.05) is 206 Å². The first-order chi connectivity index (χ1) is 31.3. The number of benzene rings is 9. The molecule has 63 heavy (non-hydrogen) atoms. The van der Waals surface area contributed by atoms with E-state index in [-0.39, 0.29) is 0 Å². The predicted octanol–water partition coefficient (Wildman–Crippen LogP) is 10.8. The number of hydrogen-bond donors (Lipinski definition) is 0. The maximum Gasteiger partial charge on any atom is 0.240 e. The average molecular weight is 822 g/mol. The lowest BCUT2D eigenvalue weighted by Gasteiger charge is -2.34. The zero-order chi connectivity index (χ0) is 41.7. The molecule has 3 heterocycles. The molecule has 12 aromatic rings. The highest BCUT2D eigenvalue weighted by molar-refractivity contribution is 7.19. The van der Waals surface area contributed by atoms with Crippen molar-refractivity contribution < 1.29 is 0 Å². The van der Waals surface area contributed by atoms with Crippen LogP contribution in [0, 0.1) is 0 Å². The zero-order valence-corrected chi connectivity index (χ0v) is 35.3. The number of aromatic nitrogens is 5. The van der Waals surface area contributed by atoms with Crippen LogP contribution in [0.3, 0.4) is 0 Å². The molecule has 0 saturated carbocycles.